The molecule has 0 aliphatic heterocycles. The van der Waals surface area contributed by atoms with E-state index >= 15 is 0 Å². The maximum Gasteiger partial charge on any atom is 0.345 e. The zero-order chi connectivity index (χ0) is 7.82. The molecule has 0 rings (SSSR count). The predicted molar refractivity (Wildman–Crippen MR) is 29.2 cm³/mol. The zero-order valence-electron chi connectivity index (χ0n) is 5.41. The lowest BCUT2D eigenvalue weighted by Gasteiger charge is -1.94. The summed E-state index contributed by atoms with van der Waals surface area (Å²) in [6.45, 7) is 0.173. The summed E-state index contributed by atoms with van der Waals surface area (Å²) >= 11 is 0. The molecule has 0 unspecified atom stereocenters. The Morgan fingerprint density at radius 1 is 1.40 bits per heavy atom. The smallest absolute Gasteiger partial charge is 0.266 e. The summed E-state index contributed by atoms with van der Waals surface area (Å²) in [5.41, 5.74) is 0. The van der Waals surface area contributed by atoms with Crippen LogP contribution in [0.2, 0.25) is 0 Å². The molecule has 0 atom stereocenters. The quantitative estimate of drug-likeness (QED) is 0.351. The molecule has 0 amide bonds. The van der Waals surface area contributed by atoms with E-state index in [0.29, 0.717) is 12.8 Å². The maximum atomic E-state index is 10.1. The molecule has 1 N–H and O–H groups in total. The zero-order valence-corrected chi connectivity index (χ0v) is 5.41. The lowest BCUT2D eigenvalue weighted by atomic mass is 10.2. The average Bonchev–Trinajstić information content (AvgIpc) is 1.98. The van der Waals surface area contributed by atoms with E-state index in [4.69, 9.17) is 5.26 Å². The summed E-state index contributed by atoms with van der Waals surface area (Å²) in [7, 11) is 0. The summed E-state index contributed by atoms with van der Waals surface area (Å²) in [5.74, 6) is -0.780. The van der Waals surface area contributed by atoms with Crippen LogP contribution in [0.3, 0.4) is 0 Å². The van der Waals surface area contributed by atoms with Gasteiger partial charge in [-0.2, -0.15) is 0 Å². The number of hydrogen-bond donors (Lipinski definition) is 1. The summed E-state index contributed by atoms with van der Waals surface area (Å²) in [4.78, 5) is 17.0. The highest BCUT2D eigenvalue weighted by Crippen LogP contribution is 1.96. The Kier molecular flexibility index (Phi) is 6.05. The molecule has 1 radical (unpaired) electrons. The number of rotatable bonds is 5. The largest absolute Gasteiger partial charge is 0.345 e. The maximum absolute atomic E-state index is 10.1. The molecule has 0 aliphatic rings. The summed E-state index contributed by atoms with van der Waals surface area (Å²) < 4.78 is 0. The minimum atomic E-state index is -0.780. The van der Waals surface area contributed by atoms with Gasteiger partial charge in [0, 0.05) is 11.7 Å². The second kappa shape index (κ2) is 6.47. The third-order valence-electron chi connectivity index (χ3n) is 0.959. The van der Waals surface area contributed by atoms with Gasteiger partial charge in [-0.1, -0.05) is 0 Å². The molecule has 5 heteroatoms. The molecule has 0 saturated heterocycles. The molecule has 5 nitrogen and oxygen atoms in total. The molecule has 0 spiro atoms. The van der Waals surface area contributed by atoms with E-state index in [1.807, 2.05) is 0 Å². The lowest BCUT2D eigenvalue weighted by Crippen LogP contribution is -2.00. The Balaban J connectivity index is 2.96. The molecule has 0 bridgehead atoms. The molecule has 59 valence electrons. The van der Waals surface area contributed by atoms with Crippen LogP contribution in [0.4, 0.5) is 0 Å². The Morgan fingerprint density at radius 2 is 2.10 bits per heavy atom. The summed E-state index contributed by atoms with van der Waals surface area (Å²) in [6, 6.07) is 0. The van der Waals surface area contributed by atoms with E-state index in [9.17, 15) is 10.1 Å². The lowest BCUT2D eigenvalue weighted by molar-refractivity contribution is -0.278. The highest BCUT2D eigenvalue weighted by Gasteiger charge is 2.00. The highest BCUT2D eigenvalue weighted by molar-refractivity contribution is 5.68. The summed E-state index contributed by atoms with van der Waals surface area (Å²) in [5, 5.41) is 17.2. The third-order valence-corrected chi connectivity index (χ3v) is 0.959. The molecule has 0 aromatic carbocycles. The second-order valence-corrected chi connectivity index (χ2v) is 1.75. The molecule has 10 heavy (non-hydrogen) atoms. The van der Waals surface area contributed by atoms with Gasteiger partial charge in [-0.25, -0.2) is 9.68 Å². The van der Waals surface area contributed by atoms with Crippen molar-refractivity contribution in [1.82, 2.24) is 0 Å². The van der Waals surface area contributed by atoms with Gasteiger partial charge in [0.05, 0.1) is 6.61 Å². The van der Waals surface area contributed by atoms with E-state index in [1.54, 1.807) is 0 Å². The minimum absolute atomic E-state index is 0.0762. The molecule has 0 aromatic heterocycles. The average molecular weight is 149 g/mol. The fraction of sp³-hybridized carbons (Fsp3) is 0.800. The third kappa shape index (κ3) is 5.49. The Bertz CT molecular complexity index is 92.0. The van der Waals surface area contributed by atoms with Gasteiger partial charge in [0.1, 0.15) is 0 Å². The van der Waals surface area contributed by atoms with Crippen LogP contribution in [0.1, 0.15) is 19.3 Å². The number of carbonyl (C=O) groups excluding carboxylic acids is 1. The second-order valence-electron chi connectivity index (χ2n) is 1.75. The van der Waals surface area contributed by atoms with Crippen LogP contribution < -0.4 is 0 Å². The van der Waals surface area contributed by atoms with Gasteiger partial charge >= 0.3 is 5.97 Å². The van der Waals surface area contributed by atoms with Gasteiger partial charge in [-0.3, -0.25) is 10.1 Å². The van der Waals surface area contributed by atoms with Gasteiger partial charge in [0.15, 0.2) is 0 Å². The molecule has 0 saturated carbocycles. The Labute approximate surface area is 58.0 Å². The fourth-order valence-corrected chi connectivity index (χ4v) is 0.478. The highest BCUT2D eigenvalue weighted by atomic mass is 17.1. The first-order valence-corrected chi connectivity index (χ1v) is 2.90. The van der Waals surface area contributed by atoms with Crippen molar-refractivity contribution in [2.45, 2.75) is 19.3 Å². The van der Waals surface area contributed by atoms with E-state index in [2.05, 4.69) is 9.78 Å². The monoisotopic (exact) mass is 149 g/mol. The van der Waals surface area contributed by atoms with Crippen molar-refractivity contribution in [2.75, 3.05) is 6.61 Å². The fourth-order valence-electron chi connectivity index (χ4n) is 0.478. The van der Waals surface area contributed by atoms with Gasteiger partial charge in [0.2, 0.25) is 0 Å². The van der Waals surface area contributed by atoms with Crippen LogP contribution in [0.15, 0.2) is 0 Å². The van der Waals surface area contributed by atoms with Gasteiger partial charge in [-0.15, -0.1) is 0 Å². The Hall–Kier alpha value is -0.650. The van der Waals surface area contributed by atoms with E-state index in [1.165, 1.54) is 0 Å². The van der Waals surface area contributed by atoms with Crippen LogP contribution in [0.25, 0.3) is 0 Å². The molecule has 0 heterocycles. The molecule has 0 fully saturated rings. The normalized spacial score (nSPS) is 9.40. The van der Waals surface area contributed by atoms with Crippen molar-refractivity contribution >= 4 is 5.97 Å². The molecule has 0 aliphatic carbocycles. The van der Waals surface area contributed by atoms with Crippen LogP contribution in [0.5, 0.6) is 0 Å². The van der Waals surface area contributed by atoms with Crippen molar-refractivity contribution in [3.05, 3.63) is 0 Å². The predicted octanol–water partition coefficient (Wildman–Crippen LogP) is 0.535. The van der Waals surface area contributed by atoms with Crippen molar-refractivity contribution in [1.29, 1.82) is 0 Å². The molecular weight excluding hydrogens is 140 g/mol. The van der Waals surface area contributed by atoms with E-state index < -0.39 is 5.97 Å². The van der Waals surface area contributed by atoms with Crippen LogP contribution in [0, 0.1) is 0 Å². The first-order chi connectivity index (χ1) is 4.81. The van der Waals surface area contributed by atoms with Crippen molar-refractivity contribution in [3.63, 3.8) is 0 Å². The topological polar surface area (TPSA) is 75.7 Å². The molecule has 0 aromatic rings. The minimum Gasteiger partial charge on any atom is -0.266 e. The van der Waals surface area contributed by atoms with Crippen LogP contribution >= 0.6 is 0 Å². The van der Waals surface area contributed by atoms with Crippen molar-refractivity contribution < 1.29 is 25.1 Å². The SMILES string of the molecule is [O]OC(=O)CCCCOO. The number of unbranched alkanes of at least 4 members (excludes halogenated alkanes) is 1. The standard InChI is InChI=1S/C5H9O5/c6-5(10-8)3-1-2-4-9-7/h7H,1-4H2. The van der Waals surface area contributed by atoms with Gasteiger partial charge in [-0.05, 0) is 12.8 Å². The molecular formula is C5H9O5. The van der Waals surface area contributed by atoms with Crippen molar-refractivity contribution in [2.24, 2.45) is 0 Å². The Morgan fingerprint density at radius 3 is 2.60 bits per heavy atom. The van der Waals surface area contributed by atoms with E-state index in [0.717, 1.165) is 0 Å². The summed E-state index contributed by atoms with van der Waals surface area (Å²) in [6.07, 6.45) is 1.10. The van der Waals surface area contributed by atoms with Crippen LogP contribution in [-0.2, 0) is 19.8 Å². The first-order valence-electron chi connectivity index (χ1n) is 2.90. The van der Waals surface area contributed by atoms with Gasteiger partial charge < -0.3 is 0 Å². The number of carbonyl (C=O) groups is 1. The van der Waals surface area contributed by atoms with E-state index in [-0.39, 0.29) is 13.0 Å². The van der Waals surface area contributed by atoms with Gasteiger partial charge in [0.25, 0.3) is 0 Å². The van der Waals surface area contributed by atoms with Crippen molar-refractivity contribution in [3.8, 4) is 0 Å². The number of hydrogen-bond acceptors (Lipinski definition) is 4. The first kappa shape index (κ1) is 9.35. The van der Waals surface area contributed by atoms with Crippen LogP contribution in [-0.4, -0.2) is 17.8 Å².